The summed E-state index contributed by atoms with van der Waals surface area (Å²) in [5.41, 5.74) is 6.57. The van der Waals surface area contributed by atoms with Crippen LogP contribution in [0, 0.1) is 0 Å². The van der Waals surface area contributed by atoms with Gasteiger partial charge in [-0.15, -0.1) is 0 Å². The summed E-state index contributed by atoms with van der Waals surface area (Å²) >= 11 is 0. The molecule has 0 aliphatic carbocycles. The number of benzene rings is 1. The third-order valence-corrected chi connectivity index (χ3v) is 3.40. The van der Waals surface area contributed by atoms with Gasteiger partial charge < -0.3 is 15.4 Å². The van der Waals surface area contributed by atoms with Crippen LogP contribution < -0.4 is 10.5 Å². The Labute approximate surface area is 115 Å². The zero-order chi connectivity index (χ0) is 14.3. The van der Waals surface area contributed by atoms with Gasteiger partial charge in [-0.3, -0.25) is 4.79 Å². The first-order chi connectivity index (χ1) is 9.12. The minimum Gasteiger partial charge on any atom is -0.484 e. The van der Waals surface area contributed by atoms with E-state index < -0.39 is 0 Å². The van der Waals surface area contributed by atoms with E-state index in [9.17, 15) is 4.79 Å². The fraction of sp³-hybridized carbons (Fsp3) is 0.533. The summed E-state index contributed by atoms with van der Waals surface area (Å²) in [6, 6.07) is 7.78. The number of ether oxygens (including phenoxy) is 1. The second-order valence-corrected chi connectivity index (χ2v) is 4.61. The van der Waals surface area contributed by atoms with Gasteiger partial charge in [0.2, 0.25) is 0 Å². The maximum Gasteiger partial charge on any atom is 0.260 e. The van der Waals surface area contributed by atoms with Crippen LogP contribution in [0.25, 0.3) is 0 Å². The van der Waals surface area contributed by atoms with Crippen molar-refractivity contribution >= 4 is 5.91 Å². The van der Waals surface area contributed by atoms with Crippen molar-refractivity contribution in [3.63, 3.8) is 0 Å². The molecule has 0 heterocycles. The minimum atomic E-state index is 0.0107. The summed E-state index contributed by atoms with van der Waals surface area (Å²) < 4.78 is 5.50. The molecule has 0 radical (unpaired) electrons. The van der Waals surface area contributed by atoms with Gasteiger partial charge in [-0.1, -0.05) is 26.0 Å². The summed E-state index contributed by atoms with van der Waals surface area (Å²) in [5.74, 6) is 0.708. The smallest absolute Gasteiger partial charge is 0.260 e. The molecule has 0 atom stereocenters. The molecular formula is C15H24N2O2. The quantitative estimate of drug-likeness (QED) is 0.821. The SMILES string of the molecule is CCC(CC)N(C)C(=O)COc1ccc(CN)cc1. The summed E-state index contributed by atoms with van der Waals surface area (Å²) in [6.45, 7) is 4.76. The van der Waals surface area contributed by atoms with Crippen LogP contribution in [0.3, 0.4) is 0 Å². The van der Waals surface area contributed by atoms with Gasteiger partial charge in [-0.05, 0) is 30.5 Å². The first-order valence-corrected chi connectivity index (χ1v) is 6.79. The minimum absolute atomic E-state index is 0.0107. The van der Waals surface area contributed by atoms with E-state index in [4.69, 9.17) is 10.5 Å². The van der Waals surface area contributed by atoms with Crippen LogP contribution in [0.5, 0.6) is 5.75 Å². The molecule has 0 spiro atoms. The molecule has 4 heteroatoms. The van der Waals surface area contributed by atoms with E-state index in [2.05, 4.69) is 13.8 Å². The Morgan fingerprint density at radius 1 is 1.26 bits per heavy atom. The van der Waals surface area contributed by atoms with Crippen molar-refractivity contribution in [3.8, 4) is 5.75 Å². The molecule has 0 aromatic heterocycles. The molecular weight excluding hydrogens is 240 g/mol. The fourth-order valence-corrected chi connectivity index (χ4v) is 2.01. The molecule has 2 N–H and O–H groups in total. The zero-order valence-electron chi connectivity index (χ0n) is 12.1. The van der Waals surface area contributed by atoms with E-state index >= 15 is 0 Å². The molecule has 4 nitrogen and oxygen atoms in total. The second-order valence-electron chi connectivity index (χ2n) is 4.61. The summed E-state index contributed by atoms with van der Waals surface area (Å²) in [4.78, 5) is 13.8. The fourth-order valence-electron chi connectivity index (χ4n) is 2.01. The molecule has 0 saturated carbocycles. The summed E-state index contributed by atoms with van der Waals surface area (Å²) in [7, 11) is 1.83. The van der Waals surface area contributed by atoms with Crippen molar-refractivity contribution in [2.45, 2.75) is 39.3 Å². The maximum atomic E-state index is 12.0. The lowest BCUT2D eigenvalue weighted by Crippen LogP contribution is -2.39. The molecule has 0 aliphatic rings. The molecule has 1 aromatic rings. The van der Waals surface area contributed by atoms with Gasteiger partial charge in [0.25, 0.3) is 5.91 Å². The molecule has 0 fully saturated rings. The first kappa shape index (κ1) is 15.5. The number of likely N-dealkylation sites (N-methyl/N-ethyl adjacent to an activating group) is 1. The predicted octanol–water partition coefficient (Wildman–Crippen LogP) is 2.17. The van der Waals surface area contributed by atoms with E-state index in [1.807, 2.05) is 31.3 Å². The van der Waals surface area contributed by atoms with E-state index in [-0.39, 0.29) is 18.6 Å². The average molecular weight is 264 g/mol. The number of carbonyl (C=O) groups excluding carboxylic acids is 1. The number of hydrogen-bond donors (Lipinski definition) is 1. The predicted molar refractivity (Wildman–Crippen MR) is 77.0 cm³/mol. The number of nitrogens with zero attached hydrogens (tertiary/aromatic N) is 1. The van der Waals surface area contributed by atoms with Gasteiger partial charge in [0.1, 0.15) is 5.75 Å². The van der Waals surface area contributed by atoms with Gasteiger partial charge in [0.05, 0.1) is 0 Å². The van der Waals surface area contributed by atoms with E-state index in [0.29, 0.717) is 12.3 Å². The first-order valence-electron chi connectivity index (χ1n) is 6.79. The van der Waals surface area contributed by atoms with Crippen LogP contribution in [0.2, 0.25) is 0 Å². The lowest BCUT2D eigenvalue weighted by molar-refractivity contribution is -0.134. The highest BCUT2D eigenvalue weighted by Gasteiger charge is 2.16. The summed E-state index contributed by atoms with van der Waals surface area (Å²) in [6.07, 6.45) is 1.92. The zero-order valence-corrected chi connectivity index (χ0v) is 12.1. The van der Waals surface area contributed by atoms with Crippen LogP contribution in [-0.2, 0) is 11.3 Å². The Morgan fingerprint density at radius 2 is 1.84 bits per heavy atom. The normalized spacial score (nSPS) is 10.6. The second kappa shape index (κ2) is 7.79. The van der Waals surface area contributed by atoms with E-state index in [0.717, 1.165) is 18.4 Å². The van der Waals surface area contributed by atoms with Crippen LogP contribution in [-0.4, -0.2) is 30.5 Å². The molecule has 1 aromatic carbocycles. The van der Waals surface area contributed by atoms with Gasteiger partial charge >= 0.3 is 0 Å². The molecule has 19 heavy (non-hydrogen) atoms. The standard InChI is InChI=1S/C15H24N2O2/c1-4-13(5-2)17(3)15(18)11-19-14-8-6-12(10-16)7-9-14/h6-9,13H,4-5,10-11,16H2,1-3H3. The Bertz CT molecular complexity index is 386. The molecule has 0 bridgehead atoms. The van der Waals surface area contributed by atoms with Crippen LogP contribution in [0.4, 0.5) is 0 Å². The van der Waals surface area contributed by atoms with Crippen molar-refractivity contribution in [1.82, 2.24) is 4.90 Å². The van der Waals surface area contributed by atoms with Crippen LogP contribution in [0.15, 0.2) is 24.3 Å². The van der Waals surface area contributed by atoms with E-state index in [1.54, 1.807) is 4.90 Å². The Balaban J connectivity index is 2.48. The Hall–Kier alpha value is -1.55. The molecule has 1 amide bonds. The molecule has 106 valence electrons. The van der Waals surface area contributed by atoms with Crippen LogP contribution in [0.1, 0.15) is 32.3 Å². The molecule has 0 unspecified atom stereocenters. The number of rotatable bonds is 7. The number of amides is 1. The highest BCUT2D eigenvalue weighted by Crippen LogP contribution is 2.12. The van der Waals surface area contributed by atoms with Gasteiger partial charge in [-0.25, -0.2) is 0 Å². The van der Waals surface area contributed by atoms with Crippen molar-refractivity contribution < 1.29 is 9.53 Å². The highest BCUT2D eigenvalue weighted by atomic mass is 16.5. The van der Waals surface area contributed by atoms with E-state index in [1.165, 1.54) is 0 Å². The monoisotopic (exact) mass is 264 g/mol. The lowest BCUT2D eigenvalue weighted by Gasteiger charge is -2.26. The van der Waals surface area contributed by atoms with Crippen molar-refractivity contribution in [1.29, 1.82) is 0 Å². The number of hydrogen-bond acceptors (Lipinski definition) is 3. The molecule has 0 aliphatic heterocycles. The van der Waals surface area contributed by atoms with Crippen molar-refractivity contribution in [3.05, 3.63) is 29.8 Å². The number of carbonyl (C=O) groups is 1. The third kappa shape index (κ3) is 4.56. The Morgan fingerprint density at radius 3 is 2.32 bits per heavy atom. The van der Waals surface area contributed by atoms with Crippen LogP contribution >= 0.6 is 0 Å². The number of nitrogens with two attached hydrogens (primary N) is 1. The Kier molecular flexibility index (Phi) is 6.36. The highest BCUT2D eigenvalue weighted by molar-refractivity contribution is 5.77. The third-order valence-electron chi connectivity index (χ3n) is 3.40. The maximum absolute atomic E-state index is 12.0. The van der Waals surface area contributed by atoms with Gasteiger partial charge in [-0.2, -0.15) is 0 Å². The topological polar surface area (TPSA) is 55.6 Å². The largest absolute Gasteiger partial charge is 0.484 e. The van der Waals surface area contributed by atoms with Gasteiger partial charge in [0, 0.05) is 19.6 Å². The van der Waals surface area contributed by atoms with Gasteiger partial charge in [0.15, 0.2) is 6.61 Å². The average Bonchev–Trinajstić information content (AvgIpc) is 2.46. The lowest BCUT2D eigenvalue weighted by atomic mass is 10.1. The summed E-state index contributed by atoms with van der Waals surface area (Å²) in [5, 5.41) is 0. The molecule has 0 saturated heterocycles. The molecule has 1 rings (SSSR count). The van der Waals surface area contributed by atoms with Crippen molar-refractivity contribution in [2.75, 3.05) is 13.7 Å². The van der Waals surface area contributed by atoms with Crippen molar-refractivity contribution in [2.24, 2.45) is 5.73 Å².